The van der Waals surface area contributed by atoms with Gasteiger partial charge >= 0.3 is 0 Å². The third kappa shape index (κ3) is 4.61. The quantitative estimate of drug-likeness (QED) is 0.445. The van der Waals surface area contributed by atoms with Crippen molar-refractivity contribution < 1.29 is 4.79 Å². The molecule has 0 fully saturated rings. The SMILES string of the molecule is CCN(CC)c1ccc(NC(=O)CSc2nnc(-c3ccncc3)n2N)cc1. The van der Waals surface area contributed by atoms with Gasteiger partial charge < -0.3 is 16.1 Å². The van der Waals surface area contributed by atoms with Gasteiger partial charge in [0.25, 0.3) is 0 Å². The van der Waals surface area contributed by atoms with Crippen LogP contribution in [-0.2, 0) is 4.79 Å². The van der Waals surface area contributed by atoms with Crippen molar-refractivity contribution >= 4 is 29.0 Å². The smallest absolute Gasteiger partial charge is 0.234 e. The van der Waals surface area contributed by atoms with Crippen molar-refractivity contribution in [3.8, 4) is 11.4 Å². The van der Waals surface area contributed by atoms with Gasteiger partial charge in [-0.05, 0) is 50.2 Å². The number of aromatic nitrogens is 4. The summed E-state index contributed by atoms with van der Waals surface area (Å²) in [7, 11) is 0. The Kier molecular flexibility index (Phi) is 6.49. The lowest BCUT2D eigenvalue weighted by molar-refractivity contribution is -0.113. The Morgan fingerprint density at radius 3 is 2.43 bits per heavy atom. The highest BCUT2D eigenvalue weighted by atomic mass is 32.2. The Hall–Kier alpha value is -3.07. The van der Waals surface area contributed by atoms with Gasteiger partial charge in [0.2, 0.25) is 11.1 Å². The predicted octanol–water partition coefficient (Wildman–Crippen LogP) is 2.63. The van der Waals surface area contributed by atoms with Gasteiger partial charge in [0.1, 0.15) is 0 Å². The Morgan fingerprint density at radius 1 is 1.11 bits per heavy atom. The molecule has 0 saturated carbocycles. The average molecular weight is 398 g/mol. The molecule has 1 amide bonds. The average Bonchev–Trinajstić information content (AvgIpc) is 3.09. The molecule has 0 aliphatic heterocycles. The van der Waals surface area contributed by atoms with E-state index < -0.39 is 0 Å². The number of rotatable bonds is 8. The first-order valence-corrected chi connectivity index (χ1v) is 9.99. The number of hydrogen-bond acceptors (Lipinski definition) is 7. The van der Waals surface area contributed by atoms with Crippen LogP contribution in [0.2, 0.25) is 0 Å². The molecule has 0 aliphatic rings. The van der Waals surface area contributed by atoms with Crippen LogP contribution < -0.4 is 16.1 Å². The summed E-state index contributed by atoms with van der Waals surface area (Å²) in [4.78, 5) is 18.5. The molecule has 0 spiro atoms. The highest BCUT2D eigenvalue weighted by molar-refractivity contribution is 7.99. The topological polar surface area (TPSA) is 102 Å². The van der Waals surface area contributed by atoms with Crippen molar-refractivity contribution in [3.63, 3.8) is 0 Å². The first-order chi connectivity index (χ1) is 13.6. The van der Waals surface area contributed by atoms with E-state index in [1.54, 1.807) is 24.5 Å². The van der Waals surface area contributed by atoms with Gasteiger partial charge in [0, 0.05) is 42.4 Å². The zero-order valence-corrected chi connectivity index (χ0v) is 16.7. The van der Waals surface area contributed by atoms with Gasteiger partial charge in [-0.3, -0.25) is 9.78 Å². The van der Waals surface area contributed by atoms with Crippen LogP contribution in [-0.4, -0.2) is 44.6 Å². The first kappa shape index (κ1) is 19.7. The Bertz CT molecular complexity index is 908. The maximum atomic E-state index is 12.3. The Morgan fingerprint density at radius 2 is 1.79 bits per heavy atom. The summed E-state index contributed by atoms with van der Waals surface area (Å²) in [6.07, 6.45) is 3.32. The first-order valence-electron chi connectivity index (χ1n) is 9.01. The number of carbonyl (C=O) groups excluding carboxylic acids is 1. The molecule has 0 aliphatic carbocycles. The van der Waals surface area contributed by atoms with Crippen LogP contribution in [0.5, 0.6) is 0 Å². The highest BCUT2D eigenvalue weighted by Gasteiger charge is 2.14. The number of nitrogens with zero attached hydrogens (tertiary/aromatic N) is 5. The largest absolute Gasteiger partial charge is 0.372 e. The number of nitrogens with one attached hydrogen (secondary N) is 1. The molecule has 9 heteroatoms. The molecule has 0 atom stereocenters. The number of thioether (sulfide) groups is 1. The fraction of sp³-hybridized carbons (Fsp3) is 0.263. The molecular weight excluding hydrogens is 374 g/mol. The standard InChI is InChI=1S/C19H23N7OS/c1-3-25(4-2)16-7-5-15(6-8-16)22-17(27)13-28-19-24-23-18(26(19)20)14-9-11-21-12-10-14/h5-12H,3-4,13,20H2,1-2H3,(H,22,27). The number of hydrogen-bond donors (Lipinski definition) is 2. The number of benzene rings is 1. The molecule has 8 nitrogen and oxygen atoms in total. The lowest BCUT2D eigenvalue weighted by atomic mass is 10.2. The molecule has 0 unspecified atom stereocenters. The van der Waals surface area contributed by atoms with Crippen molar-refractivity contribution in [2.75, 3.05) is 34.9 Å². The normalized spacial score (nSPS) is 10.6. The van der Waals surface area contributed by atoms with E-state index >= 15 is 0 Å². The molecule has 146 valence electrons. The van der Waals surface area contributed by atoms with Gasteiger partial charge in [-0.25, -0.2) is 4.68 Å². The fourth-order valence-electron chi connectivity index (χ4n) is 2.74. The molecule has 3 aromatic rings. The Balaban J connectivity index is 1.57. The number of nitrogens with two attached hydrogens (primary N) is 1. The maximum absolute atomic E-state index is 12.3. The van der Waals surface area contributed by atoms with Crippen LogP contribution in [0.25, 0.3) is 11.4 Å². The molecule has 2 aromatic heterocycles. The highest BCUT2D eigenvalue weighted by Crippen LogP contribution is 2.22. The molecule has 0 radical (unpaired) electrons. The third-order valence-corrected chi connectivity index (χ3v) is 5.16. The van der Waals surface area contributed by atoms with Gasteiger partial charge in [0.15, 0.2) is 5.82 Å². The molecular formula is C19H23N7OS. The summed E-state index contributed by atoms with van der Waals surface area (Å²) >= 11 is 1.23. The number of amides is 1. The number of pyridine rings is 1. The summed E-state index contributed by atoms with van der Waals surface area (Å²) in [6, 6.07) is 11.4. The van der Waals surface area contributed by atoms with E-state index in [1.807, 2.05) is 24.3 Å². The number of anilines is 2. The van der Waals surface area contributed by atoms with Crippen molar-refractivity contribution in [1.29, 1.82) is 0 Å². The number of carbonyl (C=O) groups is 1. The van der Waals surface area contributed by atoms with E-state index in [4.69, 9.17) is 5.84 Å². The van der Waals surface area contributed by atoms with Crippen LogP contribution in [0.4, 0.5) is 11.4 Å². The second-order valence-corrected chi connectivity index (χ2v) is 6.91. The predicted molar refractivity (Wildman–Crippen MR) is 113 cm³/mol. The minimum Gasteiger partial charge on any atom is -0.372 e. The summed E-state index contributed by atoms with van der Waals surface area (Å²) < 4.78 is 1.38. The van der Waals surface area contributed by atoms with E-state index in [1.165, 1.54) is 16.4 Å². The molecule has 28 heavy (non-hydrogen) atoms. The fourth-order valence-corrected chi connectivity index (χ4v) is 3.40. The maximum Gasteiger partial charge on any atom is 0.234 e. The summed E-state index contributed by atoms with van der Waals surface area (Å²) in [6.45, 7) is 6.12. The van der Waals surface area contributed by atoms with E-state index in [0.717, 1.165) is 30.0 Å². The molecule has 3 rings (SSSR count). The molecule has 3 N–H and O–H groups in total. The van der Waals surface area contributed by atoms with E-state index in [-0.39, 0.29) is 11.7 Å². The molecule has 1 aromatic carbocycles. The minimum atomic E-state index is -0.131. The third-order valence-electron chi connectivity index (χ3n) is 4.22. The zero-order chi connectivity index (χ0) is 19.9. The zero-order valence-electron chi connectivity index (χ0n) is 15.9. The molecule has 0 bridgehead atoms. The summed E-state index contributed by atoms with van der Waals surface area (Å²) in [5, 5.41) is 11.5. The van der Waals surface area contributed by atoms with Crippen molar-refractivity contribution in [2.45, 2.75) is 19.0 Å². The van der Waals surface area contributed by atoms with Gasteiger partial charge in [-0.2, -0.15) is 0 Å². The van der Waals surface area contributed by atoms with Crippen LogP contribution in [0.15, 0.2) is 53.9 Å². The lowest BCUT2D eigenvalue weighted by Gasteiger charge is -2.21. The van der Waals surface area contributed by atoms with Crippen LogP contribution >= 0.6 is 11.8 Å². The minimum absolute atomic E-state index is 0.131. The van der Waals surface area contributed by atoms with Crippen molar-refractivity contribution in [2.24, 2.45) is 0 Å². The van der Waals surface area contributed by atoms with E-state index in [0.29, 0.717) is 11.0 Å². The van der Waals surface area contributed by atoms with Crippen molar-refractivity contribution in [1.82, 2.24) is 19.9 Å². The second kappa shape index (κ2) is 9.23. The summed E-state index contributed by atoms with van der Waals surface area (Å²) in [5.74, 6) is 6.64. The van der Waals surface area contributed by atoms with E-state index in [2.05, 4.69) is 39.2 Å². The van der Waals surface area contributed by atoms with Crippen LogP contribution in [0.3, 0.4) is 0 Å². The second-order valence-electron chi connectivity index (χ2n) is 5.97. The number of nitrogen functional groups attached to an aromatic ring is 1. The summed E-state index contributed by atoms with van der Waals surface area (Å²) in [5.41, 5.74) is 2.71. The monoisotopic (exact) mass is 397 g/mol. The molecule has 2 heterocycles. The van der Waals surface area contributed by atoms with Gasteiger partial charge in [-0.15, -0.1) is 10.2 Å². The molecule has 0 saturated heterocycles. The van der Waals surface area contributed by atoms with Crippen LogP contribution in [0.1, 0.15) is 13.8 Å². The van der Waals surface area contributed by atoms with Gasteiger partial charge in [-0.1, -0.05) is 11.8 Å². The van der Waals surface area contributed by atoms with E-state index in [9.17, 15) is 4.79 Å². The van der Waals surface area contributed by atoms with Crippen LogP contribution in [0, 0.1) is 0 Å². The Labute approximate surface area is 168 Å². The van der Waals surface area contributed by atoms with Gasteiger partial charge in [0.05, 0.1) is 5.75 Å². The lowest BCUT2D eigenvalue weighted by Crippen LogP contribution is -2.21. The van der Waals surface area contributed by atoms with Crippen molar-refractivity contribution in [3.05, 3.63) is 48.8 Å².